The van der Waals surface area contributed by atoms with E-state index in [1.54, 1.807) is 0 Å². The fraction of sp³-hybridized carbons (Fsp3) is 0.583. The van der Waals surface area contributed by atoms with Crippen LogP contribution in [0, 0.1) is 11.8 Å². The van der Waals surface area contributed by atoms with Crippen molar-refractivity contribution in [3.63, 3.8) is 0 Å². The summed E-state index contributed by atoms with van der Waals surface area (Å²) >= 11 is 8.49. The summed E-state index contributed by atoms with van der Waals surface area (Å²) < 4.78 is 0.943. The van der Waals surface area contributed by atoms with Gasteiger partial charge in [0.1, 0.15) is 5.16 Å². The molecular weight excluding hydrogens is 335 g/mol. The molecule has 0 aromatic heterocycles. The first-order valence-corrected chi connectivity index (χ1v) is 7.61. The zero-order valence-corrected chi connectivity index (χ0v) is 12.0. The largest absolute Gasteiger partial charge is 0.384 e. The summed E-state index contributed by atoms with van der Waals surface area (Å²) in [5, 5.41) is 4.31. The van der Waals surface area contributed by atoms with E-state index in [1.807, 2.05) is 6.08 Å². The highest BCUT2D eigenvalue weighted by Crippen LogP contribution is 2.47. The molecule has 0 bridgehead atoms. The molecule has 0 saturated heterocycles. The van der Waals surface area contributed by atoms with Crippen LogP contribution in [0.25, 0.3) is 0 Å². The Morgan fingerprint density at radius 1 is 1.62 bits per heavy atom. The molecule has 1 aliphatic carbocycles. The highest BCUT2D eigenvalue weighted by Gasteiger charge is 2.49. The molecule has 3 rings (SSSR count). The third kappa shape index (κ3) is 1.72. The lowest BCUT2D eigenvalue weighted by molar-refractivity contribution is 0.619. The van der Waals surface area contributed by atoms with E-state index in [0.29, 0.717) is 23.0 Å². The van der Waals surface area contributed by atoms with Crippen LogP contribution in [0.1, 0.15) is 19.8 Å². The summed E-state index contributed by atoms with van der Waals surface area (Å²) in [6, 6.07) is 0.692. The third-order valence-corrected chi connectivity index (χ3v) is 4.57. The number of rotatable bonds is 1. The van der Waals surface area contributed by atoms with Crippen LogP contribution in [0.4, 0.5) is 0 Å². The molecule has 3 unspecified atom stereocenters. The minimum atomic E-state index is 0.546. The van der Waals surface area contributed by atoms with Crippen molar-refractivity contribution in [3.05, 3.63) is 22.5 Å². The molecule has 0 spiro atoms. The molecule has 3 atom stereocenters. The highest BCUT2D eigenvalue weighted by molar-refractivity contribution is 14.1. The first-order valence-electron chi connectivity index (χ1n) is 5.71. The Hall–Kier alpha value is -0.0300. The van der Waals surface area contributed by atoms with Gasteiger partial charge in [-0.25, -0.2) is 4.99 Å². The Bertz CT molecular complexity index is 425. The van der Waals surface area contributed by atoms with E-state index in [4.69, 9.17) is 11.6 Å². The van der Waals surface area contributed by atoms with Gasteiger partial charge in [-0.2, -0.15) is 0 Å². The number of alkyl halides is 1. The van der Waals surface area contributed by atoms with Gasteiger partial charge in [0, 0.05) is 22.1 Å². The standard InChI is InChI=1S/C12H14ClIN2/c1-6-2-3-10(13)15-9(5-14)11-7-4-8(7)16-12(6)11/h3,6-8,16H,2,4-5H2,1H3/b10-3+,15-9-. The Morgan fingerprint density at radius 3 is 3.19 bits per heavy atom. The van der Waals surface area contributed by atoms with Gasteiger partial charge >= 0.3 is 0 Å². The maximum absolute atomic E-state index is 6.11. The van der Waals surface area contributed by atoms with Crippen molar-refractivity contribution in [1.29, 1.82) is 0 Å². The number of halogens is 2. The molecule has 2 nitrogen and oxygen atoms in total. The lowest BCUT2D eigenvalue weighted by Gasteiger charge is -2.19. The first-order chi connectivity index (χ1) is 7.70. The Kier molecular flexibility index (Phi) is 2.78. The average Bonchev–Trinajstić information content (AvgIpc) is 2.94. The topological polar surface area (TPSA) is 24.4 Å². The highest BCUT2D eigenvalue weighted by atomic mass is 127. The summed E-state index contributed by atoms with van der Waals surface area (Å²) in [5.74, 6) is 1.26. The van der Waals surface area contributed by atoms with Crippen LogP contribution in [-0.4, -0.2) is 16.2 Å². The van der Waals surface area contributed by atoms with Crippen molar-refractivity contribution >= 4 is 39.9 Å². The number of allylic oxidation sites excluding steroid dienone is 2. The van der Waals surface area contributed by atoms with E-state index < -0.39 is 0 Å². The van der Waals surface area contributed by atoms with Crippen LogP contribution in [0.5, 0.6) is 0 Å². The van der Waals surface area contributed by atoms with Crippen LogP contribution in [-0.2, 0) is 0 Å². The van der Waals surface area contributed by atoms with Gasteiger partial charge in [-0.15, -0.1) is 0 Å². The van der Waals surface area contributed by atoms with Gasteiger partial charge in [0.15, 0.2) is 0 Å². The second kappa shape index (κ2) is 4.02. The van der Waals surface area contributed by atoms with Crippen molar-refractivity contribution in [1.82, 2.24) is 5.32 Å². The van der Waals surface area contributed by atoms with Gasteiger partial charge in [-0.1, -0.05) is 41.1 Å². The molecule has 0 radical (unpaired) electrons. The van der Waals surface area contributed by atoms with Crippen molar-refractivity contribution in [2.45, 2.75) is 25.8 Å². The van der Waals surface area contributed by atoms with E-state index in [-0.39, 0.29) is 0 Å². The van der Waals surface area contributed by atoms with Gasteiger partial charge in [-0.3, -0.25) is 0 Å². The summed E-state index contributed by atoms with van der Waals surface area (Å²) in [5.41, 5.74) is 4.08. The predicted molar refractivity (Wildman–Crippen MR) is 76.1 cm³/mol. The van der Waals surface area contributed by atoms with E-state index in [9.17, 15) is 0 Å². The zero-order chi connectivity index (χ0) is 11.3. The number of nitrogens with zero attached hydrogens (tertiary/aromatic N) is 1. The van der Waals surface area contributed by atoms with Gasteiger partial charge in [0.2, 0.25) is 0 Å². The second-order valence-corrected chi connectivity index (χ2v) is 5.93. The van der Waals surface area contributed by atoms with E-state index in [2.05, 4.69) is 39.8 Å². The number of hydrogen-bond donors (Lipinski definition) is 1. The molecule has 0 amide bonds. The summed E-state index contributed by atoms with van der Waals surface area (Å²) in [6.07, 6.45) is 4.30. The minimum absolute atomic E-state index is 0.546. The molecular formula is C12H14ClIN2. The molecule has 0 aromatic carbocycles. The maximum Gasteiger partial charge on any atom is 0.125 e. The van der Waals surface area contributed by atoms with Gasteiger partial charge in [0.25, 0.3) is 0 Å². The number of hydrogen-bond acceptors (Lipinski definition) is 2. The lowest BCUT2D eigenvalue weighted by atomic mass is 9.95. The summed E-state index contributed by atoms with van der Waals surface area (Å²) in [6.45, 7) is 2.27. The third-order valence-electron chi connectivity index (χ3n) is 3.60. The summed E-state index contributed by atoms with van der Waals surface area (Å²) in [4.78, 5) is 4.55. The normalized spacial score (nSPS) is 43.1. The molecule has 1 fully saturated rings. The van der Waals surface area contributed by atoms with E-state index >= 15 is 0 Å². The molecule has 0 aromatic rings. The Balaban J connectivity index is 2.07. The quantitative estimate of drug-likeness (QED) is 0.439. The van der Waals surface area contributed by atoms with Crippen LogP contribution in [0.15, 0.2) is 27.5 Å². The number of aliphatic imine (C=N–C) groups is 1. The van der Waals surface area contributed by atoms with E-state index in [0.717, 1.165) is 10.8 Å². The van der Waals surface area contributed by atoms with Crippen LogP contribution >= 0.6 is 34.2 Å². The maximum atomic E-state index is 6.11. The van der Waals surface area contributed by atoms with Gasteiger partial charge in [0.05, 0.1) is 5.71 Å². The molecule has 2 aliphatic heterocycles. The van der Waals surface area contributed by atoms with Crippen molar-refractivity contribution in [2.24, 2.45) is 16.8 Å². The first kappa shape index (κ1) is 11.1. The average molecular weight is 349 g/mol. The van der Waals surface area contributed by atoms with Crippen molar-refractivity contribution in [2.75, 3.05) is 4.43 Å². The predicted octanol–water partition coefficient (Wildman–Crippen LogP) is 3.23. The van der Waals surface area contributed by atoms with Crippen molar-refractivity contribution in [3.8, 4) is 0 Å². The van der Waals surface area contributed by atoms with Gasteiger partial charge in [-0.05, 0) is 30.4 Å². The molecule has 3 aliphatic rings. The summed E-state index contributed by atoms with van der Waals surface area (Å²) in [7, 11) is 0. The van der Waals surface area contributed by atoms with Crippen molar-refractivity contribution < 1.29 is 0 Å². The molecule has 86 valence electrons. The fourth-order valence-corrected chi connectivity index (χ4v) is 3.43. The second-order valence-electron chi connectivity index (χ2n) is 4.78. The molecule has 4 heteroatoms. The zero-order valence-electron chi connectivity index (χ0n) is 9.13. The Labute approximate surface area is 114 Å². The van der Waals surface area contributed by atoms with Crippen LogP contribution in [0.3, 0.4) is 0 Å². The minimum Gasteiger partial charge on any atom is -0.384 e. The molecule has 1 N–H and O–H groups in total. The smallest absolute Gasteiger partial charge is 0.125 e. The lowest BCUT2D eigenvalue weighted by Crippen LogP contribution is -2.20. The van der Waals surface area contributed by atoms with Crippen LogP contribution < -0.4 is 5.32 Å². The fourth-order valence-electron chi connectivity index (χ4n) is 2.66. The monoisotopic (exact) mass is 348 g/mol. The molecule has 1 saturated carbocycles. The van der Waals surface area contributed by atoms with Gasteiger partial charge < -0.3 is 5.32 Å². The van der Waals surface area contributed by atoms with E-state index in [1.165, 1.54) is 23.4 Å². The molecule has 2 heterocycles. The number of nitrogens with one attached hydrogen (secondary N) is 1. The Morgan fingerprint density at radius 2 is 2.44 bits per heavy atom. The SMILES string of the molecule is CC1C/C=C(Cl)/N=C(/CI)C2=C1NC1CC21. The van der Waals surface area contributed by atoms with Crippen LogP contribution in [0.2, 0.25) is 0 Å². The molecule has 16 heavy (non-hydrogen) atoms. The number of fused-ring (bicyclic) bond motifs is 2.